The Hall–Kier alpha value is -2.34. The molecule has 0 aliphatic carbocycles. The zero-order valence-corrected chi connectivity index (χ0v) is 12.2. The molecule has 21 heavy (non-hydrogen) atoms. The van der Waals surface area contributed by atoms with Crippen molar-refractivity contribution < 1.29 is 14.3 Å². The Bertz CT molecular complexity index is 764. The van der Waals surface area contributed by atoms with Crippen LogP contribution >= 0.6 is 11.3 Å². The fraction of sp³-hybridized carbons (Fsp3) is 0.200. The number of rotatable bonds is 5. The van der Waals surface area contributed by atoms with Gasteiger partial charge in [-0.3, -0.25) is 0 Å². The summed E-state index contributed by atoms with van der Waals surface area (Å²) < 4.78 is 5.61. The smallest absolute Gasteiger partial charge is 0.335 e. The fourth-order valence-electron chi connectivity index (χ4n) is 2.13. The van der Waals surface area contributed by atoms with Crippen LogP contribution < -0.4 is 5.32 Å². The predicted octanol–water partition coefficient (Wildman–Crippen LogP) is 4.15. The molecule has 108 valence electrons. The van der Waals surface area contributed by atoms with Gasteiger partial charge in [0, 0.05) is 4.88 Å². The van der Waals surface area contributed by atoms with Crippen LogP contribution in [0.3, 0.4) is 0 Å². The van der Waals surface area contributed by atoms with Crippen molar-refractivity contribution in [3.63, 3.8) is 0 Å². The van der Waals surface area contributed by atoms with E-state index in [2.05, 4.69) is 23.3 Å². The minimum Gasteiger partial charge on any atom is -0.478 e. The Morgan fingerprint density at radius 2 is 2.33 bits per heavy atom. The van der Waals surface area contributed by atoms with E-state index in [1.54, 1.807) is 17.4 Å². The number of oxazole rings is 1. The Morgan fingerprint density at radius 3 is 3.00 bits per heavy atom. The molecule has 0 aliphatic rings. The molecule has 0 saturated carbocycles. The number of aromatic carboxylic acids is 1. The van der Waals surface area contributed by atoms with Crippen molar-refractivity contribution >= 4 is 34.4 Å². The summed E-state index contributed by atoms with van der Waals surface area (Å²) >= 11 is 1.68. The van der Waals surface area contributed by atoms with E-state index in [-0.39, 0.29) is 11.6 Å². The largest absolute Gasteiger partial charge is 0.478 e. The first-order valence-corrected chi connectivity index (χ1v) is 7.49. The Morgan fingerprint density at radius 1 is 1.48 bits per heavy atom. The van der Waals surface area contributed by atoms with Crippen LogP contribution in [0.5, 0.6) is 0 Å². The second-order valence-electron chi connectivity index (χ2n) is 4.63. The maximum atomic E-state index is 11.0. The molecule has 0 spiro atoms. The molecule has 0 radical (unpaired) electrons. The number of carboxylic acids is 1. The van der Waals surface area contributed by atoms with Crippen molar-refractivity contribution in [3.05, 3.63) is 46.2 Å². The fourth-order valence-corrected chi connectivity index (χ4v) is 2.99. The Kier molecular flexibility index (Phi) is 3.62. The number of aromatic nitrogens is 1. The average Bonchev–Trinajstić information content (AvgIpc) is 3.12. The molecular formula is C15H14N2O3S. The van der Waals surface area contributed by atoms with Gasteiger partial charge in [0.1, 0.15) is 5.52 Å². The van der Waals surface area contributed by atoms with E-state index in [9.17, 15) is 4.79 Å². The molecule has 0 saturated heterocycles. The summed E-state index contributed by atoms with van der Waals surface area (Å²) in [6, 6.07) is 9.28. The number of nitrogens with one attached hydrogen (secondary N) is 1. The molecule has 1 aromatic carbocycles. The van der Waals surface area contributed by atoms with E-state index < -0.39 is 5.97 Å². The highest BCUT2D eigenvalue weighted by molar-refractivity contribution is 7.10. The maximum absolute atomic E-state index is 11.0. The molecular weight excluding hydrogens is 288 g/mol. The minimum atomic E-state index is -0.979. The van der Waals surface area contributed by atoms with Crippen molar-refractivity contribution in [3.8, 4) is 0 Å². The second-order valence-corrected chi connectivity index (χ2v) is 5.61. The summed E-state index contributed by atoms with van der Waals surface area (Å²) in [5.41, 5.74) is 1.30. The number of fused-ring (bicyclic) bond motifs is 1. The molecule has 5 nitrogen and oxygen atoms in total. The first kappa shape index (κ1) is 13.6. The lowest BCUT2D eigenvalue weighted by Gasteiger charge is -2.13. The van der Waals surface area contributed by atoms with Gasteiger partial charge in [0.05, 0.1) is 11.6 Å². The van der Waals surface area contributed by atoms with Crippen LogP contribution in [0.1, 0.15) is 34.6 Å². The Labute approximate surface area is 125 Å². The molecule has 0 bridgehead atoms. The normalized spacial score (nSPS) is 12.4. The molecule has 1 atom stereocenters. The SMILES string of the molecule is CCC(Nc1nc2ccc(C(=O)O)cc2o1)c1cccs1. The predicted molar refractivity (Wildman–Crippen MR) is 81.9 cm³/mol. The first-order chi connectivity index (χ1) is 10.2. The number of benzene rings is 1. The summed E-state index contributed by atoms with van der Waals surface area (Å²) in [4.78, 5) is 16.5. The van der Waals surface area contributed by atoms with E-state index in [1.165, 1.54) is 17.0 Å². The summed E-state index contributed by atoms with van der Waals surface area (Å²) in [6.45, 7) is 2.09. The third-order valence-electron chi connectivity index (χ3n) is 3.23. The minimum absolute atomic E-state index is 0.136. The van der Waals surface area contributed by atoms with Gasteiger partial charge in [-0.05, 0) is 36.1 Å². The zero-order chi connectivity index (χ0) is 14.8. The number of anilines is 1. The van der Waals surface area contributed by atoms with Gasteiger partial charge in [-0.2, -0.15) is 4.98 Å². The molecule has 1 unspecified atom stereocenters. The van der Waals surface area contributed by atoms with Gasteiger partial charge in [0.25, 0.3) is 6.01 Å². The maximum Gasteiger partial charge on any atom is 0.335 e. The van der Waals surface area contributed by atoms with Crippen LogP contribution in [0.4, 0.5) is 6.01 Å². The van der Waals surface area contributed by atoms with Crippen molar-refractivity contribution in [1.29, 1.82) is 0 Å². The van der Waals surface area contributed by atoms with Gasteiger partial charge in [-0.25, -0.2) is 4.79 Å². The topological polar surface area (TPSA) is 75.4 Å². The molecule has 0 fully saturated rings. The molecule has 6 heteroatoms. The number of hydrogen-bond donors (Lipinski definition) is 2. The van der Waals surface area contributed by atoms with Gasteiger partial charge < -0.3 is 14.8 Å². The van der Waals surface area contributed by atoms with E-state index in [0.717, 1.165) is 6.42 Å². The van der Waals surface area contributed by atoms with E-state index >= 15 is 0 Å². The molecule has 2 heterocycles. The standard InChI is InChI=1S/C15H14N2O3S/c1-2-10(13-4-3-7-21-13)16-15-17-11-6-5-9(14(18)19)8-12(11)20-15/h3-8,10H,2H2,1H3,(H,16,17)(H,18,19). The van der Waals surface area contributed by atoms with Gasteiger partial charge in [0.15, 0.2) is 5.58 Å². The average molecular weight is 302 g/mol. The van der Waals surface area contributed by atoms with Crippen molar-refractivity contribution in [2.24, 2.45) is 0 Å². The molecule has 2 aromatic heterocycles. The summed E-state index contributed by atoms with van der Waals surface area (Å²) in [7, 11) is 0. The van der Waals surface area contributed by atoms with Crippen LogP contribution in [-0.2, 0) is 0 Å². The van der Waals surface area contributed by atoms with Crippen molar-refractivity contribution in [2.75, 3.05) is 5.32 Å². The first-order valence-electron chi connectivity index (χ1n) is 6.61. The van der Waals surface area contributed by atoms with Gasteiger partial charge in [0.2, 0.25) is 0 Å². The second kappa shape index (κ2) is 5.57. The van der Waals surface area contributed by atoms with Gasteiger partial charge in [-0.1, -0.05) is 13.0 Å². The quantitative estimate of drug-likeness (QED) is 0.740. The van der Waals surface area contributed by atoms with Crippen molar-refractivity contribution in [2.45, 2.75) is 19.4 Å². The number of hydrogen-bond acceptors (Lipinski definition) is 5. The number of thiophene rings is 1. The number of carbonyl (C=O) groups is 1. The van der Waals surface area contributed by atoms with E-state index in [0.29, 0.717) is 17.1 Å². The molecule has 0 aliphatic heterocycles. The van der Waals surface area contributed by atoms with Crippen LogP contribution in [0.25, 0.3) is 11.1 Å². The Balaban J connectivity index is 1.88. The third kappa shape index (κ3) is 2.75. The highest BCUT2D eigenvalue weighted by atomic mass is 32.1. The highest BCUT2D eigenvalue weighted by Gasteiger charge is 2.15. The van der Waals surface area contributed by atoms with Crippen LogP contribution in [-0.4, -0.2) is 16.1 Å². The van der Waals surface area contributed by atoms with E-state index in [4.69, 9.17) is 9.52 Å². The highest BCUT2D eigenvalue weighted by Crippen LogP contribution is 2.28. The van der Waals surface area contributed by atoms with E-state index in [1.807, 2.05) is 11.4 Å². The van der Waals surface area contributed by atoms with Crippen LogP contribution in [0.2, 0.25) is 0 Å². The molecule has 3 aromatic rings. The van der Waals surface area contributed by atoms with Gasteiger partial charge in [-0.15, -0.1) is 11.3 Å². The van der Waals surface area contributed by atoms with Gasteiger partial charge >= 0.3 is 5.97 Å². The van der Waals surface area contributed by atoms with Crippen LogP contribution in [0, 0.1) is 0 Å². The molecule has 0 amide bonds. The lowest BCUT2D eigenvalue weighted by atomic mass is 10.2. The number of carboxylic acid groups (broad SMARTS) is 1. The monoisotopic (exact) mass is 302 g/mol. The van der Waals surface area contributed by atoms with Crippen LogP contribution in [0.15, 0.2) is 40.1 Å². The summed E-state index contributed by atoms with van der Waals surface area (Å²) in [5, 5.41) is 14.3. The third-order valence-corrected chi connectivity index (χ3v) is 4.21. The zero-order valence-electron chi connectivity index (χ0n) is 11.4. The summed E-state index contributed by atoms with van der Waals surface area (Å²) in [6.07, 6.45) is 0.902. The number of nitrogens with zero attached hydrogens (tertiary/aromatic N) is 1. The van der Waals surface area contributed by atoms with Crippen molar-refractivity contribution in [1.82, 2.24) is 4.98 Å². The lowest BCUT2D eigenvalue weighted by Crippen LogP contribution is -2.08. The molecule has 3 rings (SSSR count). The summed E-state index contributed by atoms with van der Waals surface area (Å²) in [5.74, 6) is -0.979. The lowest BCUT2D eigenvalue weighted by molar-refractivity contribution is 0.0697. The molecule has 2 N–H and O–H groups in total.